The Morgan fingerprint density at radius 2 is 1.90 bits per heavy atom. The highest BCUT2D eigenvalue weighted by Gasteiger charge is 2.06. The summed E-state index contributed by atoms with van der Waals surface area (Å²) in [6, 6.07) is 14.0. The molecule has 2 nitrogen and oxygen atoms in total. The lowest BCUT2D eigenvalue weighted by Gasteiger charge is -2.10. The van der Waals surface area contributed by atoms with E-state index in [2.05, 4.69) is 19.2 Å². The molecule has 2 aromatic rings. The normalized spacial score (nSPS) is 12.0. The van der Waals surface area contributed by atoms with E-state index in [1.807, 2.05) is 24.3 Å². The smallest absolute Gasteiger partial charge is 0.228 e. The molecule has 0 fully saturated rings. The molecule has 21 heavy (non-hydrogen) atoms. The van der Waals surface area contributed by atoms with Gasteiger partial charge in [-0.3, -0.25) is 4.79 Å². The van der Waals surface area contributed by atoms with Gasteiger partial charge in [-0.15, -0.1) is 0 Å². The van der Waals surface area contributed by atoms with Crippen LogP contribution < -0.4 is 5.32 Å². The fourth-order valence-electron chi connectivity index (χ4n) is 2.17. The molecular formula is C18H20FNO. The first kappa shape index (κ1) is 15.2. The quantitative estimate of drug-likeness (QED) is 0.859. The number of benzene rings is 2. The number of carbonyl (C=O) groups is 1. The molecule has 0 spiro atoms. The Bertz CT molecular complexity index is 607. The Kier molecular flexibility index (Phi) is 5.09. The third-order valence-corrected chi connectivity index (χ3v) is 3.63. The van der Waals surface area contributed by atoms with Gasteiger partial charge in [0.25, 0.3) is 0 Å². The van der Waals surface area contributed by atoms with Gasteiger partial charge in [0.05, 0.1) is 6.42 Å². The summed E-state index contributed by atoms with van der Waals surface area (Å²) in [7, 11) is 0. The lowest BCUT2D eigenvalue weighted by atomic mass is 9.98. The van der Waals surface area contributed by atoms with Crippen molar-refractivity contribution in [2.24, 2.45) is 0 Å². The number of amides is 1. The van der Waals surface area contributed by atoms with Gasteiger partial charge in [0.1, 0.15) is 5.82 Å². The summed E-state index contributed by atoms with van der Waals surface area (Å²) in [4.78, 5) is 11.9. The highest BCUT2D eigenvalue weighted by molar-refractivity contribution is 5.92. The molecule has 0 radical (unpaired) electrons. The van der Waals surface area contributed by atoms with Crippen LogP contribution >= 0.6 is 0 Å². The lowest BCUT2D eigenvalue weighted by molar-refractivity contribution is -0.115. The van der Waals surface area contributed by atoms with E-state index in [9.17, 15) is 9.18 Å². The second-order valence-corrected chi connectivity index (χ2v) is 5.29. The van der Waals surface area contributed by atoms with Crippen LogP contribution in [0.15, 0.2) is 48.5 Å². The molecule has 0 saturated carbocycles. The van der Waals surface area contributed by atoms with E-state index in [-0.39, 0.29) is 18.1 Å². The van der Waals surface area contributed by atoms with E-state index in [1.165, 1.54) is 17.7 Å². The molecule has 3 heteroatoms. The summed E-state index contributed by atoms with van der Waals surface area (Å²) in [5, 5.41) is 2.83. The lowest BCUT2D eigenvalue weighted by Crippen LogP contribution is -2.14. The van der Waals surface area contributed by atoms with Gasteiger partial charge >= 0.3 is 0 Å². The summed E-state index contributed by atoms with van der Waals surface area (Å²) < 4.78 is 13.1. The van der Waals surface area contributed by atoms with E-state index >= 15 is 0 Å². The average molecular weight is 285 g/mol. The molecule has 0 heterocycles. The zero-order valence-corrected chi connectivity index (χ0v) is 12.4. The van der Waals surface area contributed by atoms with Crippen LogP contribution in [-0.4, -0.2) is 5.91 Å². The SMILES string of the molecule is CC[C@H](C)c1ccc(NC(=O)Cc2cccc(F)c2)cc1. The largest absolute Gasteiger partial charge is 0.326 e. The number of hydrogen-bond donors (Lipinski definition) is 1. The molecule has 110 valence electrons. The Morgan fingerprint density at radius 3 is 2.52 bits per heavy atom. The van der Waals surface area contributed by atoms with Crippen LogP contribution in [0.3, 0.4) is 0 Å². The molecular weight excluding hydrogens is 265 g/mol. The van der Waals surface area contributed by atoms with Gasteiger partial charge in [0.2, 0.25) is 5.91 Å². The molecule has 1 atom stereocenters. The molecule has 0 saturated heterocycles. The van der Waals surface area contributed by atoms with E-state index in [4.69, 9.17) is 0 Å². The number of rotatable bonds is 5. The van der Waals surface area contributed by atoms with Crippen LogP contribution in [0.4, 0.5) is 10.1 Å². The second kappa shape index (κ2) is 7.02. The molecule has 0 aliphatic heterocycles. The maximum Gasteiger partial charge on any atom is 0.228 e. The van der Waals surface area contributed by atoms with Gasteiger partial charge in [-0.05, 0) is 47.7 Å². The van der Waals surface area contributed by atoms with Gasteiger partial charge in [-0.1, -0.05) is 38.1 Å². The van der Waals surface area contributed by atoms with Crippen molar-refractivity contribution in [3.05, 3.63) is 65.5 Å². The van der Waals surface area contributed by atoms with E-state index in [0.717, 1.165) is 12.1 Å². The van der Waals surface area contributed by atoms with Crippen molar-refractivity contribution in [3.63, 3.8) is 0 Å². The van der Waals surface area contributed by atoms with Gasteiger partial charge in [0, 0.05) is 5.69 Å². The Labute approximate surface area is 125 Å². The van der Waals surface area contributed by atoms with Gasteiger partial charge in [0.15, 0.2) is 0 Å². The van der Waals surface area contributed by atoms with Gasteiger partial charge in [-0.25, -0.2) is 4.39 Å². The number of carbonyl (C=O) groups excluding carboxylic acids is 1. The summed E-state index contributed by atoms with van der Waals surface area (Å²) in [6.45, 7) is 4.33. The molecule has 0 unspecified atom stereocenters. The Morgan fingerprint density at radius 1 is 1.19 bits per heavy atom. The molecule has 1 N–H and O–H groups in total. The van der Waals surface area contributed by atoms with Crippen molar-refractivity contribution in [2.75, 3.05) is 5.32 Å². The topological polar surface area (TPSA) is 29.1 Å². The summed E-state index contributed by atoms with van der Waals surface area (Å²) in [6.07, 6.45) is 1.26. The van der Waals surface area contributed by atoms with Crippen LogP contribution in [0, 0.1) is 5.82 Å². The number of nitrogens with one attached hydrogen (secondary N) is 1. The monoisotopic (exact) mass is 285 g/mol. The Hall–Kier alpha value is -2.16. The third-order valence-electron chi connectivity index (χ3n) is 3.63. The molecule has 0 bridgehead atoms. The van der Waals surface area contributed by atoms with Crippen LogP contribution in [0.5, 0.6) is 0 Å². The first-order valence-corrected chi connectivity index (χ1v) is 7.22. The minimum atomic E-state index is -0.321. The van der Waals surface area contributed by atoms with Crippen molar-refractivity contribution in [3.8, 4) is 0 Å². The molecule has 0 aliphatic rings. The van der Waals surface area contributed by atoms with Crippen LogP contribution in [-0.2, 0) is 11.2 Å². The summed E-state index contributed by atoms with van der Waals surface area (Å²) in [5.41, 5.74) is 2.70. The fourth-order valence-corrected chi connectivity index (χ4v) is 2.17. The predicted molar refractivity (Wildman–Crippen MR) is 83.9 cm³/mol. The maximum atomic E-state index is 13.1. The molecule has 1 amide bonds. The number of anilines is 1. The van der Waals surface area contributed by atoms with Gasteiger partial charge < -0.3 is 5.32 Å². The molecule has 0 aliphatic carbocycles. The second-order valence-electron chi connectivity index (χ2n) is 5.29. The Balaban J connectivity index is 1.96. The number of hydrogen-bond acceptors (Lipinski definition) is 1. The zero-order chi connectivity index (χ0) is 15.2. The maximum absolute atomic E-state index is 13.1. The third kappa shape index (κ3) is 4.42. The molecule has 2 aromatic carbocycles. The van der Waals surface area contributed by atoms with Crippen LogP contribution in [0.1, 0.15) is 37.3 Å². The standard InChI is InChI=1S/C18H20FNO/c1-3-13(2)15-7-9-17(10-8-15)20-18(21)12-14-5-4-6-16(19)11-14/h4-11,13H,3,12H2,1-2H3,(H,20,21)/t13-/m0/s1. The zero-order valence-electron chi connectivity index (χ0n) is 12.4. The van der Waals surface area contributed by atoms with Crippen molar-refractivity contribution < 1.29 is 9.18 Å². The summed E-state index contributed by atoms with van der Waals surface area (Å²) in [5.74, 6) is 0.0529. The van der Waals surface area contributed by atoms with E-state index < -0.39 is 0 Å². The van der Waals surface area contributed by atoms with Crippen molar-refractivity contribution in [1.82, 2.24) is 0 Å². The summed E-state index contributed by atoms with van der Waals surface area (Å²) >= 11 is 0. The van der Waals surface area contributed by atoms with Crippen LogP contribution in [0.2, 0.25) is 0 Å². The molecule has 0 aromatic heterocycles. The minimum Gasteiger partial charge on any atom is -0.326 e. The predicted octanol–water partition coefficient (Wildman–Crippen LogP) is 4.52. The number of halogens is 1. The van der Waals surface area contributed by atoms with E-state index in [1.54, 1.807) is 12.1 Å². The van der Waals surface area contributed by atoms with Crippen molar-refractivity contribution in [1.29, 1.82) is 0 Å². The first-order chi connectivity index (χ1) is 10.1. The fraction of sp³-hybridized carbons (Fsp3) is 0.278. The van der Waals surface area contributed by atoms with Gasteiger partial charge in [-0.2, -0.15) is 0 Å². The molecule has 2 rings (SSSR count). The average Bonchev–Trinajstić information content (AvgIpc) is 2.47. The minimum absolute atomic E-state index is 0.142. The first-order valence-electron chi connectivity index (χ1n) is 7.22. The van der Waals surface area contributed by atoms with Crippen LogP contribution in [0.25, 0.3) is 0 Å². The van der Waals surface area contributed by atoms with Crippen molar-refractivity contribution >= 4 is 11.6 Å². The highest BCUT2D eigenvalue weighted by Crippen LogP contribution is 2.20. The highest BCUT2D eigenvalue weighted by atomic mass is 19.1. The van der Waals surface area contributed by atoms with Crippen molar-refractivity contribution in [2.45, 2.75) is 32.6 Å². The van der Waals surface area contributed by atoms with E-state index in [0.29, 0.717) is 11.5 Å².